The van der Waals surface area contributed by atoms with Crippen molar-refractivity contribution in [3.63, 3.8) is 0 Å². The van der Waals surface area contributed by atoms with Gasteiger partial charge in [0.1, 0.15) is 0 Å². The molecule has 3 nitrogen and oxygen atoms in total. The third-order valence-electron chi connectivity index (χ3n) is 3.91. The Kier molecular flexibility index (Phi) is 4.74. The second-order valence-corrected chi connectivity index (χ2v) is 7.30. The Morgan fingerprint density at radius 3 is 2.35 bits per heavy atom. The molecular weight excluding hydrogens is 306 g/mol. The Labute approximate surface area is 137 Å². The van der Waals surface area contributed by atoms with Crippen LogP contribution in [0.4, 0.5) is 0 Å². The number of allylic oxidation sites excluding steroid dienone is 4. The molecule has 0 radical (unpaired) electrons. The molecule has 0 saturated carbocycles. The van der Waals surface area contributed by atoms with Crippen LogP contribution in [0.3, 0.4) is 0 Å². The first-order chi connectivity index (χ1) is 11.1. The van der Waals surface area contributed by atoms with Gasteiger partial charge in [0.2, 0.25) is 10.0 Å². The lowest BCUT2D eigenvalue weighted by atomic mass is 9.93. The molecule has 118 valence electrons. The third-order valence-corrected chi connectivity index (χ3v) is 5.33. The quantitative estimate of drug-likeness (QED) is 0.909. The Morgan fingerprint density at radius 2 is 1.70 bits per heavy atom. The van der Waals surface area contributed by atoms with E-state index in [1.54, 1.807) is 12.1 Å². The van der Waals surface area contributed by atoms with Gasteiger partial charge in [-0.2, -0.15) is 0 Å². The van der Waals surface area contributed by atoms with Crippen LogP contribution in [0.15, 0.2) is 83.8 Å². The first-order valence-electron chi connectivity index (χ1n) is 7.62. The molecule has 0 aromatic heterocycles. The van der Waals surface area contributed by atoms with Gasteiger partial charge in [0.25, 0.3) is 0 Å². The summed E-state index contributed by atoms with van der Waals surface area (Å²) >= 11 is 0. The van der Waals surface area contributed by atoms with Crippen molar-refractivity contribution in [2.24, 2.45) is 0 Å². The Bertz CT molecular complexity index is 806. The molecule has 0 aliphatic heterocycles. The van der Waals surface area contributed by atoms with Gasteiger partial charge < -0.3 is 0 Å². The lowest BCUT2D eigenvalue weighted by Gasteiger charge is -2.14. The summed E-state index contributed by atoms with van der Waals surface area (Å²) in [7, 11) is -3.49. The van der Waals surface area contributed by atoms with E-state index in [-0.39, 0.29) is 0 Å². The highest BCUT2D eigenvalue weighted by molar-refractivity contribution is 7.89. The van der Waals surface area contributed by atoms with E-state index >= 15 is 0 Å². The fourth-order valence-electron chi connectivity index (χ4n) is 2.58. The molecule has 2 aromatic rings. The summed E-state index contributed by atoms with van der Waals surface area (Å²) in [6.45, 7) is 0.293. The fourth-order valence-corrected chi connectivity index (χ4v) is 3.60. The predicted molar refractivity (Wildman–Crippen MR) is 92.5 cm³/mol. The van der Waals surface area contributed by atoms with Crippen LogP contribution in [0.25, 0.3) is 0 Å². The highest BCUT2D eigenvalue weighted by atomic mass is 32.2. The van der Waals surface area contributed by atoms with Gasteiger partial charge in [-0.1, -0.05) is 66.8 Å². The van der Waals surface area contributed by atoms with Crippen LogP contribution in [0.2, 0.25) is 0 Å². The minimum atomic E-state index is -3.49. The van der Waals surface area contributed by atoms with Crippen molar-refractivity contribution < 1.29 is 8.42 Å². The minimum absolute atomic E-state index is 0.293. The molecule has 4 heteroatoms. The van der Waals surface area contributed by atoms with Crippen molar-refractivity contribution in [3.05, 3.63) is 90.0 Å². The molecule has 0 amide bonds. The van der Waals surface area contributed by atoms with Crippen LogP contribution >= 0.6 is 0 Å². The van der Waals surface area contributed by atoms with E-state index in [0.29, 0.717) is 17.4 Å². The first kappa shape index (κ1) is 15.7. The van der Waals surface area contributed by atoms with Gasteiger partial charge >= 0.3 is 0 Å². The zero-order valence-electron chi connectivity index (χ0n) is 12.7. The van der Waals surface area contributed by atoms with Gasteiger partial charge in [-0.05, 0) is 29.7 Å². The number of sulfonamides is 1. The Morgan fingerprint density at radius 1 is 0.957 bits per heavy atom. The Hall–Kier alpha value is -2.17. The molecule has 3 rings (SSSR count). The maximum absolute atomic E-state index is 12.4. The molecular formula is C19H19NO2S. The fraction of sp³-hybridized carbons (Fsp3) is 0.158. The molecule has 0 bridgehead atoms. The van der Waals surface area contributed by atoms with E-state index < -0.39 is 10.0 Å². The molecule has 1 aliphatic carbocycles. The highest BCUT2D eigenvalue weighted by Gasteiger charge is 2.15. The van der Waals surface area contributed by atoms with Crippen molar-refractivity contribution >= 4 is 10.0 Å². The SMILES string of the molecule is O=S(=O)(NCc1ccccc1)c1ccc(C2C=CC=CC2)cc1. The number of benzene rings is 2. The number of hydrogen-bond donors (Lipinski definition) is 1. The van der Waals surface area contributed by atoms with Gasteiger partial charge in [0.15, 0.2) is 0 Å². The van der Waals surface area contributed by atoms with E-state index in [1.165, 1.54) is 0 Å². The van der Waals surface area contributed by atoms with Crippen LogP contribution in [0.1, 0.15) is 23.5 Å². The maximum atomic E-state index is 12.4. The standard InChI is InChI=1S/C19H19NO2S/c21-23(22,20-15-16-7-3-1-4-8-16)19-13-11-18(12-14-19)17-9-5-2-6-10-17/h1-9,11-14,17,20H,10,15H2. The van der Waals surface area contributed by atoms with Crippen molar-refractivity contribution in [3.8, 4) is 0 Å². The third kappa shape index (κ3) is 3.97. The van der Waals surface area contributed by atoms with E-state index in [2.05, 4.69) is 16.9 Å². The molecule has 0 heterocycles. The summed E-state index contributed by atoms with van der Waals surface area (Å²) in [5.74, 6) is 0.328. The molecule has 23 heavy (non-hydrogen) atoms. The van der Waals surface area contributed by atoms with E-state index in [4.69, 9.17) is 0 Å². The smallest absolute Gasteiger partial charge is 0.207 e. The van der Waals surface area contributed by atoms with Crippen molar-refractivity contribution in [1.82, 2.24) is 4.72 Å². The summed E-state index contributed by atoms with van der Waals surface area (Å²) in [4.78, 5) is 0.299. The number of rotatable bonds is 5. The van der Waals surface area contributed by atoms with E-state index in [0.717, 1.165) is 17.5 Å². The van der Waals surface area contributed by atoms with Gasteiger partial charge in [0, 0.05) is 12.5 Å². The summed E-state index contributed by atoms with van der Waals surface area (Å²) in [5.41, 5.74) is 2.07. The van der Waals surface area contributed by atoms with Crippen molar-refractivity contribution in [1.29, 1.82) is 0 Å². The summed E-state index contributed by atoms with van der Waals surface area (Å²) in [6, 6.07) is 16.6. The molecule has 1 aliphatic rings. The lowest BCUT2D eigenvalue weighted by molar-refractivity contribution is 0.581. The average molecular weight is 325 g/mol. The van der Waals surface area contributed by atoms with Gasteiger partial charge in [0.05, 0.1) is 4.90 Å². The summed E-state index contributed by atoms with van der Waals surface area (Å²) in [6.07, 6.45) is 9.27. The average Bonchev–Trinajstić information content (AvgIpc) is 2.62. The monoisotopic (exact) mass is 325 g/mol. The van der Waals surface area contributed by atoms with Crippen molar-refractivity contribution in [2.45, 2.75) is 23.8 Å². The van der Waals surface area contributed by atoms with Crippen LogP contribution in [0.5, 0.6) is 0 Å². The first-order valence-corrected chi connectivity index (χ1v) is 9.10. The zero-order chi connectivity index (χ0) is 16.1. The second-order valence-electron chi connectivity index (χ2n) is 5.53. The molecule has 0 saturated heterocycles. The van der Waals surface area contributed by atoms with Crippen molar-refractivity contribution in [2.75, 3.05) is 0 Å². The van der Waals surface area contributed by atoms with Crippen LogP contribution in [-0.4, -0.2) is 8.42 Å². The van der Waals surface area contributed by atoms with E-state index in [9.17, 15) is 8.42 Å². The summed E-state index contributed by atoms with van der Waals surface area (Å²) in [5, 5.41) is 0. The highest BCUT2D eigenvalue weighted by Crippen LogP contribution is 2.25. The van der Waals surface area contributed by atoms with E-state index in [1.807, 2.05) is 54.6 Å². The molecule has 0 fully saturated rings. The minimum Gasteiger partial charge on any atom is -0.207 e. The number of hydrogen-bond acceptors (Lipinski definition) is 2. The number of nitrogens with one attached hydrogen (secondary N) is 1. The molecule has 1 atom stereocenters. The molecule has 2 aromatic carbocycles. The second kappa shape index (κ2) is 6.94. The lowest BCUT2D eigenvalue weighted by Crippen LogP contribution is -2.23. The topological polar surface area (TPSA) is 46.2 Å². The maximum Gasteiger partial charge on any atom is 0.240 e. The molecule has 0 spiro atoms. The van der Waals surface area contributed by atoms with Crippen LogP contribution in [-0.2, 0) is 16.6 Å². The molecule has 1 unspecified atom stereocenters. The largest absolute Gasteiger partial charge is 0.240 e. The zero-order valence-corrected chi connectivity index (χ0v) is 13.5. The predicted octanol–water partition coefficient (Wildman–Crippen LogP) is 3.76. The van der Waals surface area contributed by atoms with Gasteiger partial charge in [-0.25, -0.2) is 13.1 Å². The summed E-state index contributed by atoms with van der Waals surface area (Å²) < 4.78 is 27.4. The normalized spacial score (nSPS) is 17.3. The van der Waals surface area contributed by atoms with Crippen LogP contribution in [0, 0.1) is 0 Å². The Balaban J connectivity index is 1.70. The van der Waals surface area contributed by atoms with Crippen LogP contribution < -0.4 is 4.72 Å². The molecule has 1 N–H and O–H groups in total. The van der Waals surface area contributed by atoms with Gasteiger partial charge in [-0.3, -0.25) is 0 Å². The van der Waals surface area contributed by atoms with Gasteiger partial charge in [-0.15, -0.1) is 0 Å².